The van der Waals surface area contributed by atoms with E-state index in [1.165, 1.54) is 57.8 Å². The Morgan fingerprint density at radius 2 is 1.58 bits per heavy atom. The fourth-order valence-corrected chi connectivity index (χ4v) is 7.88. The zero-order valence-corrected chi connectivity index (χ0v) is 20.0. The Balaban J connectivity index is 1.49. The van der Waals surface area contributed by atoms with Crippen LogP contribution in [0.25, 0.3) is 0 Å². The van der Waals surface area contributed by atoms with E-state index in [1.807, 2.05) is 13.8 Å². The predicted octanol–water partition coefficient (Wildman–Crippen LogP) is 6.08. The van der Waals surface area contributed by atoms with Gasteiger partial charge in [-0.1, -0.05) is 33.3 Å². The molecule has 0 radical (unpaired) electrons. The van der Waals surface area contributed by atoms with Crippen LogP contribution < -0.4 is 0 Å². The number of carbonyl (C=O) groups excluding carboxylic acids is 2. The van der Waals surface area contributed by atoms with Crippen LogP contribution in [-0.4, -0.2) is 23.6 Å². The van der Waals surface area contributed by atoms with Crippen LogP contribution in [0, 0.1) is 41.4 Å². The molecule has 4 atom stereocenters. The molecule has 31 heavy (non-hydrogen) atoms. The Morgan fingerprint density at radius 1 is 0.968 bits per heavy atom. The summed E-state index contributed by atoms with van der Waals surface area (Å²) in [5.74, 6) is 3.31. The van der Waals surface area contributed by atoms with Gasteiger partial charge in [-0.2, -0.15) is 0 Å². The first-order valence-electron chi connectivity index (χ1n) is 12.8. The molecular formula is C27H42O4. The molecule has 0 aromatic rings. The van der Waals surface area contributed by atoms with Gasteiger partial charge in [0.1, 0.15) is 11.7 Å². The summed E-state index contributed by atoms with van der Waals surface area (Å²) in [6.45, 7) is 11.4. The maximum absolute atomic E-state index is 13.4. The van der Waals surface area contributed by atoms with Gasteiger partial charge in [-0.05, 0) is 101 Å². The summed E-state index contributed by atoms with van der Waals surface area (Å²) in [7, 11) is 0. The van der Waals surface area contributed by atoms with Gasteiger partial charge in [-0.15, -0.1) is 0 Å². The molecule has 0 spiro atoms. The normalized spacial score (nSPS) is 40.8. The molecule has 0 amide bonds. The van der Waals surface area contributed by atoms with E-state index in [0.29, 0.717) is 29.7 Å². The third-order valence-corrected chi connectivity index (χ3v) is 9.01. The minimum atomic E-state index is -0.387. The van der Waals surface area contributed by atoms with Crippen LogP contribution in [0.5, 0.6) is 0 Å². The van der Waals surface area contributed by atoms with Gasteiger partial charge in [0.25, 0.3) is 0 Å². The second kappa shape index (κ2) is 8.90. The molecule has 5 aliphatic carbocycles. The summed E-state index contributed by atoms with van der Waals surface area (Å²) in [5, 5.41) is 0. The zero-order chi connectivity index (χ0) is 22.3. The molecule has 0 aromatic heterocycles. The van der Waals surface area contributed by atoms with Crippen molar-refractivity contribution in [2.45, 2.75) is 104 Å². The molecule has 0 aliphatic heterocycles. The Labute approximate surface area is 188 Å². The van der Waals surface area contributed by atoms with E-state index in [2.05, 4.69) is 13.5 Å². The summed E-state index contributed by atoms with van der Waals surface area (Å²) in [5.41, 5.74) is 0.145. The summed E-state index contributed by atoms with van der Waals surface area (Å²) in [6.07, 6.45) is 11.6. The fraction of sp³-hybridized carbons (Fsp3) is 0.852. The zero-order valence-electron chi connectivity index (χ0n) is 20.0. The van der Waals surface area contributed by atoms with E-state index in [0.717, 1.165) is 17.8 Å². The lowest BCUT2D eigenvalue weighted by atomic mass is 9.46. The maximum Gasteiger partial charge on any atom is 0.333 e. The van der Waals surface area contributed by atoms with Crippen molar-refractivity contribution >= 4 is 11.9 Å². The van der Waals surface area contributed by atoms with Crippen molar-refractivity contribution in [1.29, 1.82) is 0 Å². The largest absolute Gasteiger partial charge is 0.459 e. The molecule has 4 unspecified atom stereocenters. The molecule has 4 bridgehead atoms. The number of carbonyl (C=O) groups is 2. The predicted molar refractivity (Wildman–Crippen MR) is 121 cm³/mol. The molecule has 0 heterocycles. The van der Waals surface area contributed by atoms with Crippen molar-refractivity contribution in [2.75, 3.05) is 0 Å². The van der Waals surface area contributed by atoms with Gasteiger partial charge in [0.05, 0.1) is 5.92 Å². The van der Waals surface area contributed by atoms with Crippen molar-refractivity contribution in [3.05, 3.63) is 12.2 Å². The Morgan fingerprint density at radius 3 is 2.13 bits per heavy atom. The fourth-order valence-electron chi connectivity index (χ4n) is 7.88. The van der Waals surface area contributed by atoms with E-state index in [9.17, 15) is 9.59 Å². The quantitative estimate of drug-likeness (QED) is 0.362. The van der Waals surface area contributed by atoms with Crippen LogP contribution in [-0.2, 0) is 19.1 Å². The molecule has 0 saturated heterocycles. The summed E-state index contributed by atoms with van der Waals surface area (Å²) >= 11 is 0. The minimum absolute atomic E-state index is 0.0797. The van der Waals surface area contributed by atoms with Crippen molar-refractivity contribution in [2.24, 2.45) is 41.4 Å². The number of hydrogen-bond donors (Lipinski definition) is 0. The van der Waals surface area contributed by atoms with Crippen LogP contribution in [0.15, 0.2) is 12.2 Å². The highest BCUT2D eigenvalue weighted by molar-refractivity contribution is 5.87. The number of esters is 2. The number of hydrogen-bond acceptors (Lipinski definition) is 4. The summed E-state index contributed by atoms with van der Waals surface area (Å²) in [4.78, 5) is 25.3. The van der Waals surface area contributed by atoms with Gasteiger partial charge in [0, 0.05) is 5.57 Å². The molecule has 5 aliphatic rings. The Kier molecular flexibility index (Phi) is 6.57. The van der Waals surface area contributed by atoms with Crippen molar-refractivity contribution in [3.8, 4) is 0 Å². The minimum Gasteiger partial charge on any atom is -0.459 e. The van der Waals surface area contributed by atoms with Crippen LogP contribution >= 0.6 is 0 Å². The summed E-state index contributed by atoms with van der Waals surface area (Å²) < 4.78 is 12.1. The Bertz CT molecular complexity index is 682. The highest BCUT2D eigenvalue weighted by Crippen LogP contribution is 2.63. The first kappa shape index (κ1) is 22.9. The third kappa shape index (κ3) is 4.46. The number of rotatable bonds is 7. The van der Waals surface area contributed by atoms with Gasteiger partial charge in [-0.3, -0.25) is 4.79 Å². The highest BCUT2D eigenvalue weighted by atomic mass is 16.6. The molecule has 5 saturated carbocycles. The number of ether oxygens (including phenoxy) is 2. The Hall–Kier alpha value is -1.32. The lowest BCUT2D eigenvalue weighted by molar-refractivity contribution is -0.237. The van der Waals surface area contributed by atoms with Crippen LogP contribution in [0.2, 0.25) is 0 Å². The first-order chi connectivity index (χ1) is 14.7. The molecule has 0 aromatic carbocycles. The maximum atomic E-state index is 13.4. The monoisotopic (exact) mass is 430 g/mol. The molecule has 5 rings (SSSR count). The molecule has 4 nitrogen and oxygen atoms in total. The van der Waals surface area contributed by atoms with Crippen molar-refractivity contribution < 1.29 is 19.1 Å². The van der Waals surface area contributed by atoms with Gasteiger partial charge in [0.15, 0.2) is 0 Å². The van der Waals surface area contributed by atoms with E-state index in [1.54, 1.807) is 6.92 Å². The smallest absolute Gasteiger partial charge is 0.333 e. The van der Waals surface area contributed by atoms with E-state index >= 15 is 0 Å². The first-order valence-corrected chi connectivity index (χ1v) is 12.8. The van der Waals surface area contributed by atoms with Crippen LogP contribution in [0.3, 0.4) is 0 Å². The topological polar surface area (TPSA) is 52.6 Å². The SMILES string of the molecule is C=C(C)C(=O)OC(C)CC(C)C(=O)OC1(C2CCCC(C)C2)C2CC3CC(C2)CC1C3. The lowest BCUT2D eigenvalue weighted by Crippen LogP contribution is -2.64. The standard InChI is InChI=1S/C27H42O4/c1-16(2)25(28)30-19(5)10-18(4)26(29)31-27(22-8-6-7-17(3)9-22)23-12-20-11-21(14-23)15-24(27)13-20/h17-24H,1,6-15H2,2-5H3. The van der Waals surface area contributed by atoms with E-state index in [4.69, 9.17) is 9.47 Å². The lowest BCUT2D eigenvalue weighted by Gasteiger charge is -2.63. The summed E-state index contributed by atoms with van der Waals surface area (Å²) in [6, 6.07) is 0. The average molecular weight is 431 g/mol. The third-order valence-electron chi connectivity index (χ3n) is 9.01. The van der Waals surface area contributed by atoms with Crippen LogP contribution in [0.4, 0.5) is 0 Å². The average Bonchev–Trinajstić information content (AvgIpc) is 2.69. The van der Waals surface area contributed by atoms with Crippen LogP contribution in [0.1, 0.15) is 91.9 Å². The molecule has 5 fully saturated rings. The van der Waals surface area contributed by atoms with Gasteiger partial charge in [0.2, 0.25) is 0 Å². The van der Waals surface area contributed by atoms with Gasteiger partial charge < -0.3 is 9.47 Å². The van der Waals surface area contributed by atoms with E-state index in [-0.39, 0.29) is 29.6 Å². The van der Waals surface area contributed by atoms with Crippen molar-refractivity contribution in [1.82, 2.24) is 0 Å². The van der Waals surface area contributed by atoms with E-state index < -0.39 is 0 Å². The second-order valence-electron chi connectivity index (χ2n) is 11.7. The molecular weight excluding hydrogens is 388 g/mol. The molecule has 174 valence electrons. The molecule has 4 heteroatoms. The van der Waals surface area contributed by atoms with Crippen molar-refractivity contribution in [3.63, 3.8) is 0 Å². The highest BCUT2D eigenvalue weighted by Gasteiger charge is 2.62. The van der Waals surface area contributed by atoms with Gasteiger partial charge >= 0.3 is 11.9 Å². The van der Waals surface area contributed by atoms with Gasteiger partial charge in [-0.25, -0.2) is 4.79 Å². The molecule has 0 N–H and O–H groups in total. The second-order valence-corrected chi connectivity index (χ2v) is 11.7.